The number of nitrogens with one attached hydrogen (secondary N) is 2. The van der Waals surface area contributed by atoms with E-state index in [-0.39, 0.29) is 4.75 Å². The van der Waals surface area contributed by atoms with E-state index in [2.05, 4.69) is 58.4 Å². The Kier molecular flexibility index (Phi) is 4.61. The van der Waals surface area contributed by atoms with Crippen LogP contribution in [0.3, 0.4) is 0 Å². The molecule has 4 rings (SSSR count). The third kappa shape index (κ3) is 3.10. The molecule has 0 radical (unpaired) electrons. The molecule has 144 valence electrons. The van der Waals surface area contributed by atoms with E-state index >= 15 is 0 Å². The number of fused-ring (bicyclic) bond motifs is 2. The Balaban J connectivity index is 1.77. The van der Waals surface area contributed by atoms with Gasteiger partial charge in [-0.3, -0.25) is 5.10 Å². The molecule has 0 bridgehead atoms. The fraction of sp³-hybridized carbons (Fsp3) is 0.476. The lowest BCUT2D eigenvalue weighted by molar-refractivity contribution is 0.0285. The van der Waals surface area contributed by atoms with Crippen molar-refractivity contribution in [3.8, 4) is 0 Å². The number of aliphatic hydroxyl groups is 1. The van der Waals surface area contributed by atoms with Crippen molar-refractivity contribution < 1.29 is 5.11 Å². The molecular weight excluding hydrogens is 356 g/mol. The van der Waals surface area contributed by atoms with Crippen LogP contribution in [0.2, 0.25) is 0 Å². The van der Waals surface area contributed by atoms with Gasteiger partial charge < -0.3 is 15.0 Å². The monoisotopic (exact) mass is 384 g/mol. The average molecular weight is 385 g/mol. The molecule has 3 N–H and O–H groups in total. The van der Waals surface area contributed by atoms with Gasteiger partial charge in [-0.25, -0.2) is 0 Å². The fourth-order valence-corrected chi connectivity index (χ4v) is 5.73. The van der Waals surface area contributed by atoms with Gasteiger partial charge in [0.1, 0.15) is 0 Å². The van der Waals surface area contributed by atoms with Crippen LogP contribution in [-0.2, 0) is 16.8 Å². The first-order valence-electron chi connectivity index (χ1n) is 9.61. The van der Waals surface area contributed by atoms with Crippen molar-refractivity contribution >= 4 is 22.7 Å². The van der Waals surface area contributed by atoms with E-state index in [1.165, 1.54) is 21.7 Å². The molecule has 0 aliphatic carbocycles. The van der Waals surface area contributed by atoms with Crippen LogP contribution in [0.25, 0.3) is 10.9 Å². The van der Waals surface area contributed by atoms with Crippen LogP contribution >= 0.6 is 11.8 Å². The van der Waals surface area contributed by atoms with Gasteiger partial charge in [-0.1, -0.05) is 26.0 Å². The fourth-order valence-electron chi connectivity index (χ4n) is 4.20. The summed E-state index contributed by atoms with van der Waals surface area (Å²) in [5, 5.41) is 19.4. The van der Waals surface area contributed by atoms with E-state index in [1.54, 1.807) is 0 Å². The molecule has 3 heterocycles. The van der Waals surface area contributed by atoms with Crippen molar-refractivity contribution in [2.24, 2.45) is 0 Å². The maximum absolute atomic E-state index is 10.9. The molecule has 1 aromatic carbocycles. The number of benzene rings is 1. The number of aromatic nitrogens is 3. The van der Waals surface area contributed by atoms with Crippen molar-refractivity contribution in [1.29, 1.82) is 0 Å². The third-order valence-electron chi connectivity index (χ3n) is 5.84. The molecule has 5 nitrogen and oxygen atoms in total. The second-order valence-electron chi connectivity index (χ2n) is 7.95. The van der Waals surface area contributed by atoms with Crippen LogP contribution in [0.15, 0.2) is 35.4 Å². The van der Waals surface area contributed by atoms with E-state index in [4.69, 9.17) is 0 Å². The first-order valence-corrected chi connectivity index (χ1v) is 10.4. The number of likely N-dealkylation sites (N-methyl/N-ethyl adjacent to an activating group) is 1. The molecule has 1 atom stereocenters. The quantitative estimate of drug-likeness (QED) is 0.601. The average Bonchev–Trinajstić information content (AvgIpc) is 3.33. The summed E-state index contributed by atoms with van der Waals surface area (Å²) in [6.07, 6.45) is 4.29. The summed E-state index contributed by atoms with van der Waals surface area (Å²) in [6, 6.07) is 8.59. The Morgan fingerprint density at radius 3 is 2.70 bits per heavy atom. The topological polar surface area (TPSA) is 67.9 Å². The van der Waals surface area contributed by atoms with Crippen LogP contribution < -0.4 is 0 Å². The van der Waals surface area contributed by atoms with Crippen molar-refractivity contribution in [3.63, 3.8) is 0 Å². The minimum atomic E-state index is -0.758. The summed E-state index contributed by atoms with van der Waals surface area (Å²) in [5.41, 5.74) is 3.77. The zero-order valence-electron chi connectivity index (χ0n) is 16.5. The highest BCUT2D eigenvalue weighted by molar-refractivity contribution is 8.00. The molecule has 0 amide bonds. The first kappa shape index (κ1) is 18.6. The van der Waals surface area contributed by atoms with E-state index < -0.39 is 5.60 Å². The van der Waals surface area contributed by atoms with Crippen LogP contribution in [-0.4, -0.2) is 45.8 Å². The summed E-state index contributed by atoms with van der Waals surface area (Å²) < 4.78 is -0.0569. The van der Waals surface area contributed by atoms with Crippen molar-refractivity contribution in [2.75, 3.05) is 20.6 Å². The smallest absolute Gasteiger partial charge is 0.0892 e. The predicted molar refractivity (Wildman–Crippen MR) is 111 cm³/mol. The minimum Gasteiger partial charge on any atom is -0.385 e. The highest BCUT2D eigenvalue weighted by Gasteiger charge is 2.42. The number of hydrogen-bond donors (Lipinski definition) is 3. The molecule has 0 fully saturated rings. The molecule has 27 heavy (non-hydrogen) atoms. The second kappa shape index (κ2) is 6.69. The Bertz CT molecular complexity index is 934. The summed E-state index contributed by atoms with van der Waals surface area (Å²) in [5.74, 6) is 0. The van der Waals surface area contributed by atoms with Gasteiger partial charge in [0.05, 0.1) is 22.2 Å². The molecule has 0 saturated heterocycles. The summed E-state index contributed by atoms with van der Waals surface area (Å²) in [6.45, 7) is 5.02. The van der Waals surface area contributed by atoms with E-state index in [0.717, 1.165) is 24.0 Å². The Hall–Kier alpha value is -1.76. The number of hydrogen-bond acceptors (Lipinski definition) is 4. The van der Waals surface area contributed by atoms with Gasteiger partial charge in [0.25, 0.3) is 0 Å². The lowest BCUT2D eigenvalue weighted by atomic mass is 9.88. The standard InChI is InChI=1S/C21H28N4OS/c1-5-20(26,6-2)15-8-7-14-9-19(23-16(14)10-15)21(13-25(3)4)11-17-18(27-21)12-22-24-17/h7-10,12,23,26H,5-6,11,13H2,1-4H3,(H,22,24). The molecule has 2 aromatic heterocycles. The highest BCUT2D eigenvalue weighted by Crippen LogP contribution is 2.51. The minimum absolute atomic E-state index is 0.0569. The van der Waals surface area contributed by atoms with Gasteiger partial charge in [-0.05, 0) is 50.0 Å². The molecule has 6 heteroatoms. The number of H-pyrrole nitrogens is 2. The lowest BCUT2D eigenvalue weighted by Gasteiger charge is -2.30. The lowest BCUT2D eigenvalue weighted by Crippen LogP contribution is -2.35. The van der Waals surface area contributed by atoms with Gasteiger partial charge >= 0.3 is 0 Å². The Labute approximate surface area is 164 Å². The molecule has 1 unspecified atom stereocenters. The maximum Gasteiger partial charge on any atom is 0.0892 e. The predicted octanol–water partition coefficient (Wildman–Crippen LogP) is 4.00. The molecule has 0 spiro atoms. The molecule has 1 aliphatic heterocycles. The summed E-state index contributed by atoms with van der Waals surface area (Å²) >= 11 is 1.89. The molecule has 0 saturated carbocycles. The molecule has 1 aliphatic rings. The van der Waals surface area contributed by atoms with E-state index in [1.807, 2.05) is 31.8 Å². The number of thioether (sulfide) groups is 1. The Morgan fingerprint density at radius 2 is 2.04 bits per heavy atom. The van der Waals surface area contributed by atoms with Crippen molar-refractivity contribution in [1.82, 2.24) is 20.1 Å². The summed E-state index contributed by atoms with van der Waals surface area (Å²) in [7, 11) is 4.24. The van der Waals surface area contributed by atoms with Crippen molar-refractivity contribution in [3.05, 3.63) is 47.4 Å². The van der Waals surface area contributed by atoms with Crippen molar-refractivity contribution in [2.45, 2.75) is 48.4 Å². The van der Waals surface area contributed by atoms with Gasteiger partial charge in [-0.2, -0.15) is 5.10 Å². The Morgan fingerprint density at radius 1 is 1.26 bits per heavy atom. The number of nitrogens with zero attached hydrogens (tertiary/aromatic N) is 2. The zero-order chi connectivity index (χ0) is 19.2. The highest BCUT2D eigenvalue weighted by atomic mass is 32.2. The van der Waals surface area contributed by atoms with E-state index in [0.29, 0.717) is 12.8 Å². The van der Waals surface area contributed by atoms with Gasteiger partial charge in [-0.15, -0.1) is 11.8 Å². The largest absolute Gasteiger partial charge is 0.385 e. The van der Waals surface area contributed by atoms with E-state index in [9.17, 15) is 5.11 Å². The summed E-state index contributed by atoms with van der Waals surface area (Å²) in [4.78, 5) is 7.16. The molecular formula is C21H28N4OS. The SMILES string of the molecule is CCC(O)(CC)c1ccc2cc(C3(CN(C)C)Cc4[nH]ncc4S3)[nH]c2c1. The van der Waals surface area contributed by atoms with Gasteiger partial charge in [0.2, 0.25) is 0 Å². The second-order valence-corrected chi connectivity index (χ2v) is 9.37. The van der Waals surface area contributed by atoms with Crippen LogP contribution in [0.1, 0.15) is 43.6 Å². The normalized spacial score (nSPS) is 19.9. The maximum atomic E-state index is 10.9. The first-order chi connectivity index (χ1) is 12.9. The number of rotatable bonds is 6. The molecule has 3 aromatic rings. The van der Waals surface area contributed by atoms with Gasteiger partial charge in [0.15, 0.2) is 0 Å². The third-order valence-corrected chi connectivity index (χ3v) is 7.29. The van der Waals surface area contributed by atoms with Crippen LogP contribution in [0, 0.1) is 0 Å². The van der Waals surface area contributed by atoms with Gasteiger partial charge in [0, 0.05) is 29.1 Å². The van der Waals surface area contributed by atoms with Crippen LogP contribution in [0.4, 0.5) is 0 Å². The number of aromatic amines is 2. The zero-order valence-corrected chi connectivity index (χ0v) is 17.3. The van der Waals surface area contributed by atoms with Crippen LogP contribution in [0.5, 0.6) is 0 Å².